The van der Waals surface area contributed by atoms with Crippen LogP contribution in [0.1, 0.15) is 16.7 Å². The molecule has 6 nitrogen and oxygen atoms in total. The zero-order valence-electron chi connectivity index (χ0n) is 14.9. The molecule has 3 rings (SSSR count). The first-order valence-electron chi connectivity index (χ1n) is 8.17. The van der Waals surface area contributed by atoms with Crippen molar-refractivity contribution in [3.8, 4) is 17.0 Å². The molecule has 134 valence electrons. The van der Waals surface area contributed by atoms with Gasteiger partial charge in [-0.05, 0) is 42.7 Å². The Hall–Kier alpha value is -3.28. The van der Waals surface area contributed by atoms with Gasteiger partial charge in [-0.15, -0.1) is 0 Å². The molecule has 0 fully saturated rings. The van der Waals surface area contributed by atoms with Gasteiger partial charge in [0.25, 0.3) is 0 Å². The minimum atomic E-state index is -0.607. The molecule has 26 heavy (non-hydrogen) atoms. The molecule has 1 amide bonds. The largest absolute Gasteiger partial charge is 0.488 e. The van der Waals surface area contributed by atoms with Gasteiger partial charge >= 0.3 is 6.09 Å². The number of ether oxygens (including phenoxy) is 2. The molecule has 0 atom stereocenters. The van der Waals surface area contributed by atoms with Crippen LogP contribution in [0.2, 0.25) is 0 Å². The summed E-state index contributed by atoms with van der Waals surface area (Å²) < 4.78 is 15.6. The van der Waals surface area contributed by atoms with Gasteiger partial charge in [0, 0.05) is 11.6 Å². The average Bonchev–Trinajstić information content (AvgIpc) is 3.10. The van der Waals surface area contributed by atoms with E-state index in [1.165, 1.54) is 7.11 Å². The lowest BCUT2D eigenvalue weighted by Gasteiger charge is -2.13. The fourth-order valence-corrected chi connectivity index (χ4v) is 2.68. The molecule has 0 saturated carbocycles. The molecule has 0 aliphatic heterocycles. The van der Waals surface area contributed by atoms with Crippen LogP contribution in [0.3, 0.4) is 0 Å². The molecule has 0 spiro atoms. The first-order chi connectivity index (χ1) is 12.6. The Labute approximate surface area is 151 Å². The maximum absolute atomic E-state index is 11.2. The van der Waals surface area contributed by atoms with Crippen molar-refractivity contribution in [3.05, 3.63) is 65.2 Å². The lowest BCUT2D eigenvalue weighted by atomic mass is 10.0. The first-order valence-corrected chi connectivity index (χ1v) is 8.17. The molecule has 2 aromatic carbocycles. The van der Waals surface area contributed by atoms with Gasteiger partial charge in [0.2, 0.25) is 5.88 Å². The molecule has 1 aromatic heterocycles. The number of methoxy groups -OCH3 is 1. The number of benzene rings is 2. The predicted molar refractivity (Wildman–Crippen MR) is 98.2 cm³/mol. The molecule has 0 radical (unpaired) electrons. The van der Waals surface area contributed by atoms with E-state index in [0.717, 1.165) is 28.0 Å². The van der Waals surface area contributed by atoms with E-state index >= 15 is 0 Å². The van der Waals surface area contributed by atoms with Crippen molar-refractivity contribution < 1.29 is 18.8 Å². The van der Waals surface area contributed by atoms with Crippen LogP contribution >= 0.6 is 0 Å². The highest BCUT2D eigenvalue weighted by atomic mass is 16.5. The number of rotatable bonds is 5. The number of hydrogen-bond acceptors (Lipinski definition) is 5. The SMILES string of the molecule is COC(=O)Nc1cc(-c2cc(C)c(OCc3ccccc3)c(C)c2)no1. The Morgan fingerprint density at radius 3 is 2.46 bits per heavy atom. The van der Waals surface area contributed by atoms with Crippen LogP contribution in [0, 0.1) is 13.8 Å². The van der Waals surface area contributed by atoms with Crippen molar-refractivity contribution in [1.29, 1.82) is 0 Å². The van der Waals surface area contributed by atoms with Gasteiger partial charge in [-0.25, -0.2) is 4.79 Å². The Morgan fingerprint density at radius 1 is 1.12 bits per heavy atom. The zero-order valence-corrected chi connectivity index (χ0v) is 14.9. The number of hydrogen-bond donors (Lipinski definition) is 1. The third-order valence-corrected chi connectivity index (χ3v) is 3.90. The molecule has 1 N–H and O–H groups in total. The van der Waals surface area contributed by atoms with Gasteiger partial charge in [-0.1, -0.05) is 35.5 Å². The average molecular weight is 352 g/mol. The van der Waals surface area contributed by atoms with Gasteiger partial charge in [0.05, 0.1) is 7.11 Å². The first kappa shape index (κ1) is 17.5. The molecular weight excluding hydrogens is 332 g/mol. The fraction of sp³-hybridized carbons (Fsp3) is 0.200. The van der Waals surface area contributed by atoms with Crippen molar-refractivity contribution in [2.45, 2.75) is 20.5 Å². The maximum Gasteiger partial charge on any atom is 0.413 e. The van der Waals surface area contributed by atoms with Gasteiger partial charge in [0.1, 0.15) is 18.1 Å². The van der Waals surface area contributed by atoms with Crippen molar-refractivity contribution in [1.82, 2.24) is 5.16 Å². The number of aryl methyl sites for hydroxylation is 2. The molecule has 0 aliphatic rings. The van der Waals surface area contributed by atoms with Gasteiger partial charge < -0.3 is 14.0 Å². The zero-order chi connectivity index (χ0) is 18.5. The highest BCUT2D eigenvalue weighted by Crippen LogP contribution is 2.31. The Balaban J connectivity index is 1.77. The summed E-state index contributed by atoms with van der Waals surface area (Å²) in [5, 5.41) is 6.44. The fourth-order valence-electron chi connectivity index (χ4n) is 2.68. The standard InChI is InChI=1S/C20H20N2O4/c1-13-9-16(17-11-18(26-22-17)21-20(23)24-3)10-14(2)19(13)25-12-15-7-5-4-6-8-15/h4-11H,12H2,1-3H3,(H,21,23). The van der Waals surface area contributed by atoms with Crippen molar-refractivity contribution in [2.75, 3.05) is 12.4 Å². The summed E-state index contributed by atoms with van der Waals surface area (Å²) in [6.45, 7) is 4.49. The monoisotopic (exact) mass is 352 g/mol. The topological polar surface area (TPSA) is 73.6 Å². The maximum atomic E-state index is 11.2. The quantitative estimate of drug-likeness (QED) is 0.719. The van der Waals surface area contributed by atoms with Crippen molar-refractivity contribution in [2.24, 2.45) is 0 Å². The summed E-state index contributed by atoms with van der Waals surface area (Å²) in [5.41, 5.74) is 4.62. The number of nitrogens with one attached hydrogen (secondary N) is 1. The molecular formula is C20H20N2O4. The minimum absolute atomic E-state index is 0.228. The third kappa shape index (κ3) is 4.03. The summed E-state index contributed by atoms with van der Waals surface area (Å²) in [4.78, 5) is 11.2. The van der Waals surface area contributed by atoms with Crippen LogP contribution in [0.15, 0.2) is 53.1 Å². The highest BCUT2D eigenvalue weighted by molar-refractivity contribution is 5.83. The summed E-state index contributed by atoms with van der Waals surface area (Å²) >= 11 is 0. The van der Waals surface area contributed by atoms with Gasteiger partial charge in [-0.3, -0.25) is 5.32 Å². The molecule has 0 bridgehead atoms. The normalized spacial score (nSPS) is 10.4. The summed E-state index contributed by atoms with van der Waals surface area (Å²) in [7, 11) is 1.29. The lowest BCUT2D eigenvalue weighted by Crippen LogP contribution is -2.09. The number of carbonyl (C=O) groups excluding carboxylic acids is 1. The van der Waals surface area contributed by atoms with Gasteiger partial charge in [-0.2, -0.15) is 0 Å². The lowest BCUT2D eigenvalue weighted by molar-refractivity contribution is 0.186. The van der Waals surface area contributed by atoms with Crippen molar-refractivity contribution in [3.63, 3.8) is 0 Å². The second-order valence-electron chi connectivity index (χ2n) is 5.91. The van der Waals surface area contributed by atoms with Crippen LogP contribution in [0.5, 0.6) is 5.75 Å². The van der Waals surface area contributed by atoms with E-state index in [0.29, 0.717) is 12.3 Å². The van der Waals surface area contributed by atoms with E-state index < -0.39 is 6.09 Å². The molecule has 1 heterocycles. The predicted octanol–water partition coefficient (Wildman–Crippen LogP) is 4.72. The Kier molecular flexibility index (Phi) is 5.22. The van der Waals surface area contributed by atoms with E-state index in [1.54, 1.807) is 6.07 Å². The molecule has 0 unspecified atom stereocenters. The summed E-state index contributed by atoms with van der Waals surface area (Å²) in [6.07, 6.45) is -0.607. The number of amides is 1. The van der Waals surface area contributed by atoms with Crippen LogP contribution in [0.4, 0.5) is 10.7 Å². The molecule has 0 saturated heterocycles. The summed E-state index contributed by atoms with van der Waals surface area (Å²) in [5.74, 6) is 1.08. The van der Waals surface area contributed by atoms with Crippen LogP contribution in [-0.2, 0) is 11.3 Å². The second-order valence-corrected chi connectivity index (χ2v) is 5.91. The van der Waals surface area contributed by atoms with Crippen LogP contribution < -0.4 is 10.1 Å². The smallest absolute Gasteiger partial charge is 0.413 e. The van der Waals surface area contributed by atoms with E-state index in [9.17, 15) is 4.79 Å². The summed E-state index contributed by atoms with van der Waals surface area (Å²) in [6, 6.07) is 15.6. The van der Waals surface area contributed by atoms with Crippen LogP contribution in [0.25, 0.3) is 11.3 Å². The second kappa shape index (κ2) is 7.74. The molecule has 0 aliphatic carbocycles. The highest BCUT2D eigenvalue weighted by Gasteiger charge is 2.13. The van der Waals surface area contributed by atoms with Gasteiger partial charge in [0.15, 0.2) is 0 Å². The number of carbonyl (C=O) groups is 1. The van der Waals surface area contributed by atoms with Crippen LogP contribution in [-0.4, -0.2) is 18.4 Å². The number of nitrogens with zero attached hydrogens (tertiary/aromatic N) is 1. The van der Waals surface area contributed by atoms with E-state index in [4.69, 9.17) is 9.26 Å². The Bertz CT molecular complexity index is 880. The number of aromatic nitrogens is 1. The third-order valence-electron chi connectivity index (χ3n) is 3.90. The minimum Gasteiger partial charge on any atom is -0.488 e. The Morgan fingerprint density at radius 2 is 1.81 bits per heavy atom. The number of anilines is 1. The van der Waals surface area contributed by atoms with E-state index in [1.807, 2.05) is 56.3 Å². The molecule has 3 aromatic rings. The molecule has 6 heteroatoms. The van der Waals surface area contributed by atoms with E-state index in [-0.39, 0.29) is 5.88 Å². The van der Waals surface area contributed by atoms with E-state index in [2.05, 4.69) is 15.2 Å². The van der Waals surface area contributed by atoms with Crippen molar-refractivity contribution >= 4 is 12.0 Å².